The summed E-state index contributed by atoms with van der Waals surface area (Å²) >= 11 is 11.8. The molecule has 2 aliphatic heterocycles. The number of hydrogen-bond donors (Lipinski definition) is 1. The molecule has 4 heterocycles. The number of aromatic carboxylic acids is 1. The molecule has 1 N–H and O–H groups in total. The minimum absolute atomic E-state index is 0.00169. The van der Waals surface area contributed by atoms with Gasteiger partial charge < -0.3 is 19.3 Å². The van der Waals surface area contributed by atoms with Crippen LogP contribution in [0.4, 0.5) is 0 Å². The molecule has 2 aliphatic rings. The Labute approximate surface area is 219 Å². The van der Waals surface area contributed by atoms with Gasteiger partial charge in [-0.3, -0.25) is 0 Å². The number of aromatic nitrogens is 2. The van der Waals surface area contributed by atoms with E-state index in [4.69, 9.17) is 42.5 Å². The molecule has 8 nitrogen and oxygen atoms in total. The van der Waals surface area contributed by atoms with E-state index in [1.54, 1.807) is 39.0 Å². The first-order chi connectivity index (χ1) is 17.0. The summed E-state index contributed by atoms with van der Waals surface area (Å²) in [5.74, 6) is -0.165. The van der Waals surface area contributed by atoms with Gasteiger partial charge in [-0.2, -0.15) is 0 Å². The highest BCUT2D eigenvalue weighted by molar-refractivity contribution is 6.32. The lowest BCUT2D eigenvalue weighted by Crippen LogP contribution is -2.24. The van der Waals surface area contributed by atoms with Crippen LogP contribution in [0.25, 0.3) is 11.5 Å². The normalized spacial score (nSPS) is 15.2. The number of esters is 1. The van der Waals surface area contributed by atoms with Gasteiger partial charge in [0.1, 0.15) is 38.8 Å². The van der Waals surface area contributed by atoms with E-state index in [1.165, 1.54) is 6.07 Å². The Hall–Kier alpha value is -3.10. The van der Waals surface area contributed by atoms with Gasteiger partial charge >= 0.3 is 11.9 Å². The zero-order chi connectivity index (χ0) is 26.3. The van der Waals surface area contributed by atoms with Crippen LogP contribution in [0.2, 0.25) is 10.3 Å². The second-order valence-electron chi connectivity index (χ2n) is 8.99. The Kier molecular flexibility index (Phi) is 9.34. The molecule has 0 aromatic carbocycles. The van der Waals surface area contributed by atoms with Crippen molar-refractivity contribution < 1.29 is 28.9 Å². The highest BCUT2D eigenvalue weighted by atomic mass is 35.5. The first-order valence-electron chi connectivity index (χ1n) is 11.5. The van der Waals surface area contributed by atoms with Gasteiger partial charge in [-0.15, -0.1) is 0 Å². The molecule has 192 valence electrons. The number of carbonyl (C=O) groups excluding carboxylic acids is 1. The van der Waals surface area contributed by atoms with E-state index < -0.39 is 17.5 Å². The van der Waals surface area contributed by atoms with E-state index in [0.29, 0.717) is 36.1 Å². The van der Waals surface area contributed by atoms with E-state index in [0.717, 1.165) is 25.7 Å². The Bertz CT molecular complexity index is 1190. The van der Waals surface area contributed by atoms with Gasteiger partial charge in [0.05, 0.1) is 24.3 Å². The summed E-state index contributed by atoms with van der Waals surface area (Å²) in [7, 11) is 0. The quantitative estimate of drug-likeness (QED) is 0.353. The maximum absolute atomic E-state index is 12.0. The minimum Gasteiger partial charge on any atom is -0.492 e. The molecule has 0 radical (unpaired) electrons. The Morgan fingerprint density at radius 2 is 1.33 bits per heavy atom. The number of halogens is 2. The standard InChI is InChI=1S/C15H18ClNO3.C11H10ClNO3/c1-15(2,3)20-14(18)10-7-8-11(17-13(10)16)12-6-4-5-9-19-12;12-10-7(11(14)15)4-5-8(13-10)9-3-1-2-6-16-9/h6-8H,4-5,9H2,1-3H3;3-5H,1-2,6H2,(H,14,15). The molecule has 10 heteroatoms. The van der Waals surface area contributed by atoms with Crippen LogP contribution < -0.4 is 0 Å². The summed E-state index contributed by atoms with van der Waals surface area (Å²) in [6, 6.07) is 6.39. The van der Waals surface area contributed by atoms with Crippen LogP contribution in [0.15, 0.2) is 36.4 Å². The fourth-order valence-electron chi connectivity index (χ4n) is 3.26. The molecule has 0 amide bonds. The van der Waals surface area contributed by atoms with Gasteiger partial charge in [0.2, 0.25) is 0 Å². The third-order valence-corrected chi connectivity index (χ3v) is 5.50. The highest BCUT2D eigenvalue weighted by Crippen LogP contribution is 2.25. The Morgan fingerprint density at radius 1 is 0.861 bits per heavy atom. The molecule has 0 aliphatic carbocycles. The van der Waals surface area contributed by atoms with Crippen LogP contribution in [-0.2, 0) is 14.2 Å². The fourth-order valence-corrected chi connectivity index (χ4v) is 3.73. The van der Waals surface area contributed by atoms with E-state index in [-0.39, 0.29) is 21.4 Å². The second-order valence-corrected chi connectivity index (χ2v) is 9.71. The number of carboxylic acid groups (broad SMARTS) is 1. The third kappa shape index (κ3) is 7.70. The molecule has 0 unspecified atom stereocenters. The number of pyridine rings is 2. The topological polar surface area (TPSA) is 108 Å². The van der Waals surface area contributed by atoms with Crippen molar-refractivity contribution in [3.63, 3.8) is 0 Å². The predicted molar refractivity (Wildman–Crippen MR) is 137 cm³/mol. The summed E-state index contributed by atoms with van der Waals surface area (Å²) in [6.45, 7) is 6.76. The smallest absolute Gasteiger partial charge is 0.341 e. The molecule has 0 spiro atoms. The zero-order valence-electron chi connectivity index (χ0n) is 20.3. The lowest BCUT2D eigenvalue weighted by molar-refractivity contribution is 0.00690. The number of hydrogen-bond acceptors (Lipinski definition) is 7. The van der Waals surface area contributed by atoms with Crippen molar-refractivity contribution in [3.05, 3.63) is 69.2 Å². The van der Waals surface area contributed by atoms with E-state index in [2.05, 4.69) is 9.97 Å². The van der Waals surface area contributed by atoms with Crippen LogP contribution in [0.3, 0.4) is 0 Å². The highest BCUT2D eigenvalue weighted by Gasteiger charge is 2.21. The van der Waals surface area contributed by atoms with Crippen molar-refractivity contribution in [2.45, 2.75) is 52.1 Å². The number of ether oxygens (including phenoxy) is 3. The van der Waals surface area contributed by atoms with Crippen LogP contribution in [-0.4, -0.2) is 45.8 Å². The van der Waals surface area contributed by atoms with Crippen molar-refractivity contribution in [3.8, 4) is 0 Å². The Balaban J connectivity index is 0.000000205. The minimum atomic E-state index is -1.08. The molecule has 0 fully saturated rings. The average Bonchev–Trinajstić information content (AvgIpc) is 2.84. The number of nitrogens with zero attached hydrogens (tertiary/aromatic N) is 2. The second kappa shape index (κ2) is 12.2. The van der Waals surface area contributed by atoms with Crippen molar-refractivity contribution >= 4 is 46.7 Å². The maximum Gasteiger partial charge on any atom is 0.341 e. The summed E-state index contributed by atoms with van der Waals surface area (Å²) < 4.78 is 16.2. The van der Waals surface area contributed by atoms with Gasteiger partial charge in [-0.25, -0.2) is 19.6 Å². The van der Waals surface area contributed by atoms with Crippen molar-refractivity contribution in [2.75, 3.05) is 13.2 Å². The van der Waals surface area contributed by atoms with E-state index in [1.807, 2.05) is 12.2 Å². The van der Waals surface area contributed by atoms with E-state index >= 15 is 0 Å². The van der Waals surface area contributed by atoms with Gasteiger partial charge in [-0.1, -0.05) is 23.2 Å². The van der Waals surface area contributed by atoms with Crippen molar-refractivity contribution in [1.82, 2.24) is 9.97 Å². The van der Waals surface area contributed by atoms with Crippen LogP contribution in [0.1, 0.15) is 78.6 Å². The SMILES string of the molecule is CC(C)(C)OC(=O)c1ccc(C2=CCCCO2)nc1Cl.O=C(O)c1ccc(C2=CCCCO2)nc1Cl. The van der Waals surface area contributed by atoms with Gasteiger partial charge in [0.15, 0.2) is 0 Å². The summed E-state index contributed by atoms with van der Waals surface area (Å²) in [5, 5.41) is 8.91. The number of allylic oxidation sites excluding steroid dienone is 2. The average molecular weight is 535 g/mol. The lowest BCUT2D eigenvalue weighted by Gasteiger charge is -2.20. The molecule has 0 bridgehead atoms. The Morgan fingerprint density at radius 3 is 1.69 bits per heavy atom. The van der Waals surface area contributed by atoms with Crippen LogP contribution in [0.5, 0.6) is 0 Å². The third-order valence-electron chi connectivity index (χ3n) is 4.92. The zero-order valence-corrected chi connectivity index (χ0v) is 21.9. The lowest BCUT2D eigenvalue weighted by atomic mass is 10.1. The molecule has 0 saturated carbocycles. The summed E-state index contributed by atoms with van der Waals surface area (Å²) in [5.41, 5.74) is 0.925. The van der Waals surface area contributed by atoms with Crippen LogP contribution >= 0.6 is 23.2 Å². The molecule has 36 heavy (non-hydrogen) atoms. The molecule has 0 atom stereocenters. The van der Waals surface area contributed by atoms with Gasteiger partial charge in [0, 0.05) is 0 Å². The maximum atomic E-state index is 12.0. The fraction of sp³-hybridized carbons (Fsp3) is 0.385. The number of carboxylic acids is 1. The molecular weight excluding hydrogens is 507 g/mol. The first kappa shape index (κ1) is 27.5. The van der Waals surface area contributed by atoms with Crippen LogP contribution in [0, 0.1) is 0 Å². The first-order valence-corrected chi connectivity index (χ1v) is 12.3. The number of carbonyl (C=O) groups is 2. The summed E-state index contributed by atoms with van der Waals surface area (Å²) in [6.07, 6.45) is 7.81. The number of rotatable bonds is 4. The molecular formula is C26H28Cl2N2O6. The van der Waals surface area contributed by atoms with Gasteiger partial charge in [-0.05, 0) is 82.9 Å². The molecule has 0 saturated heterocycles. The monoisotopic (exact) mass is 534 g/mol. The van der Waals surface area contributed by atoms with E-state index in [9.17, 15) is 9.59 Å². The van der Waals surface area contributed by atoms with Crippen molar-refractivity contribution in [2.24, 2.45) is 0 Å². The molecule has 2 aromatic heterocycles. The molecule has 2 aromatic rings. The predicted octanol–water partition coefficient (Wildman–Crippen LogP) is 6.43. The molecule has 4 rings (SSSR count). The summed E-state index contributed by atoms with van der Waals surface area (Å²) in [4.78, 5) is 30.9. The van der Waals surface area contributed by atoms with Crippen molar-refractivity contribution in [1.29, 1.82) is 0 Å². The van der Waals surface area contributed by atoms with Gasteiger partial charge in [0.25, 0.3) is 0 Å². The largest absolute Gasteiger partial charge is 0.492 e.